The van der Waals surface area contributed by atoms with Crippen molar-refractivity contribution in [3.05, 3.63) is 59.5 Å². The first kappa shape index (κ1) is 24.0. The van der Waals surface area contributed by atoms with Gasteiger partial charge < -0.3 is 24.7 Å². The number of hydrogen-bond acceptors (Lipinski definition) is 5. The van der Waals surface area contributed by atoms with Crippen LogP contribution in [0.15, 0.2) is 47.1 Å². The molecule has 8 heteroatoms. The van der Waals surface area contributed by atoms with E-state index in [0.717, 1.165) is 44.1 Å². The zero-order valence-corrected chi connectivity index (χ0v) is 19.6. The fourth-order valence-electron chi connectivity index (χ4n) is 4.67. The maximum absolute atomic E-state index is 13.5. The molecule has 1 saturated carbocycles. The molecule has 1 saturated heterocycles. The number of rotatable bonds is 8. The highest BCUT2D eigenvalue weighted by atomic mass is 16.5. The SMILES string of the molecule is Cc1ccc([C@@H](C(=O)NCc2ccco2)N(C[C@H]2CCCO2)C(=O)C(=O)NC2CCCC2)cc1. The molecule has 2 heterocycles. The molecule has 3 amide bonds. The van der Waals surface area contributed by atoms with Gasteiger partial charge in [-0.05, 0) is 50.3 Å². The van der Waals surface area contributed by atoms with E-state index in [9.17, 15) is 14.4 Å². The number of ether oxygens (including phenoxy) is 1. The van der Waals surface area contributed by atoms with E-state index < -0.39 is 17.9 Å². The lowest BCUT2D eigenvalue weighted by molar-refractivity contribution is -0.151. The molecule has 4 rings (SSSR count). The molecule has 2 fully saturated rings. The number of amides is 3. The number of benzene rings is 1. The Morgan fingerprint density at radius 2 is 1.82 bits per heavy atom. The van der Waals surface area contributed by atoms with Gasteiger partial charge in [-0.2, -0.15) is 0 Å². The standard InChI is InChI=1S/C26H33N3O5/c1-18-10-12-19(13-11-18)23(24(30)27-16-21-8-4-14-33-21)29(17-22-9-5-15-34-22)26(32)25(31)28-20-6-2-3-7-20/h4,8,10-14,20,22-23H,2-3,5-7,9,15-17H2,1H3,(H,27,30)(H,28,31)/t22-,23+/m1/s1. The van der Waals surface area contributed by atoms with Crippen LogP contribution in [0.1, 0.15) is 61.5 Å². The Hall–Kier alpha value is -3.13. The average molecular weight is 468 g/mol. The highest BCUT2D eigenvalue weighted by molar-refractivity contribution is 6.35. The Balaban J connectivity index is 1.60. The highest BCUT2D eigenvalue weighted by Crippen LogP contribution is 2.26. The quantitative estimate of drug-likeness (QED) is 0.582. The summed E-state index contributed by atoms with van der Waals surface area (Å²) in [4.78, 5) is 41.3. The van der Waals surface area contributed by atoms with Crippen LogP contribution < -0.4 is 10.6 Å². The van der Waals surface area contributed by atoms with Crippen LogP contribution in [0.5, 0.6) is 0 Å². The molecule has 1 aliphatic heterocycles. The number of nitrogens with zero attached hydrogens (tertiary/aromatic N) is 1. The van der Waals surface area contributed by atoms with Crippen LogP contribution in [0.3, 0.4) is 0 Å². The van der Waals surface area contributed by atoms with Crippen molar-refractivity contribution < 1.29 is 23.5 Å². The minimum atomic E-state index is -0.971. The van der Waals surface area contributed by atoms with E-state index in [0.29, 0.717) is 17.9 Å². The predicted octanol–water partition coefficient (Wildman–Crippen LogP) is 3.01. The van der Waals surface area contributed by atoms with E-state index in [1.165, 1.54) is 4.90 Å². The molecule has 34 heavy (non-hydrogen) atoms. The third-order valence-corrected chi connectivity index (χ3v) is 6.54. The van der Waals surface area contributed by atoms with Crippen molar-refractivity contribution in [1.29, 1.82) is 0 Å². The first-order valence-corrected chi connectivity index (χ1v) is 12.1. The zero-order valence-electron chi connectivity index (χ0n) is 19.6. The fraction of sp³-hybridized carbons (Fsp3) is 0.500. The second kappa shape index (κ2) is 11.3. The third-order valence-electron chi connectivity index (χ3n) is 6.54. The summed E-state index contributed by atoms with van der Waals surface area (Å²) in [5, 5.41) is 5.75. The molecule has 0 spiro atoms. The predicted molar refractivity (Wildman–Crippen MR) is 126 cm³/mol. The summed E-state index contributed by atoms with van der Waals surface area (Å²) >= 11 is 0. The van der Waals surface area contributed by atoms with Gasteiger partial charge in [-0.25, -0.2) is 0 Å². The molecule has 8 nitrogen and oxygen atoms in total. The van der Waals surface area contributed by atoms with Crippen LogP contribution in [0.25, 0.3) is 0 Å². The number of carbonyl (C=O) groups excluding carboxylic acids is 3. The molecule has 2 N–H and O–H groups in total. The first-order chi connectivity index (χ1) is 16.5. The Morgan fingerprint density at radius 3 is 2.47 bits per heavy atom. The van der Waals surface area contributed by atoms with Gasteiger partial charge in [0.2, 0.25) is 5.91 Å². The van der Waals surface area contributed by atoms with Crippen LogP contribution in [-0.4, -0.2) is 47.9 Å². The zero-order chi connectivity index (χ0) is 23.9. The molecular weight excluding hydrogens is 434 g/mol. The fourth-order valence-corrected chi connectivity index (χ4v) is 4.67. The van der Waals surface area contributed by atoms with E-state index >= 15 is 0 Å². The summed E-state index contributed by atoms with van der Waals surface area (Å²) in [5.41, 5.74) is 1.68. The maximum atomic E-state index is 13.5. The molecular formula is C26H33N3O5. The van der Waals surface area contributed by atoms with Crippen molar-refractivity contribution in [1.82, 2.24) is 15.5 Å². The second-order valence-electron chi connectivity index (χ2n) is 9.16. The average Bonchev–Trinajstić information content (AvgIpc) is 3.62. The smallest absolute Gasteiger partial charge is 0.312 e. The number of furan rings is 1. The molecule has 1 aromatic heterocycles. The number of aryl methyl sites for hydroxylation is 1. The van der Waals surface area contributed by atoms with Gasteiger partial charge in [-0.15, -0.1) is 0 Å². The van der Waals surface area contributed by atoms with Crippen molar-refractivity contribution >= 4 is 17.7 Å². The molecule has 2 atom stereocenters. The van der Waals surface area contributed by atoms with Crippen molar-refractivity contribution in [2.24, 2.45) is 0 Å². The van der Waals surface area contributed by atoms with Gasteiger partial charge in [0, 0.05) is 19.2 Å². The highest BCUT2D eigenvalue weighted by Gasteiger charge is 2.37. The molecule has 2 aromatic rings. The van der Waals surface area contributed by atoms with Crippen LogP contribution in [-0.2, 0) is 25.7 Å². The molecule has 0 unspecified atom stereocenters. The van der Waals surface area contributed by atoms with E-state index in [1.807, 2.05) is 31.2 Å². The summed E-state index contributed by atoms with van der Waals surface area (Å²) in [7, 11) is 0. The Bertz CT molecular complexity index is 961. The van der Waals surface area contributed by atoms with Crippen molar-refractivity contribution in [2.75, 3.05) is 13.2 Å². The third kappa shape index (κ3) is 6.05. The van der Waals surface area contributed by atoms with Gasteiger partial charge in [0.05, 0.1) is 18.9 Å². The normalized spacial score (nSPS) is 19.0. The number of nitrogens with one attached hydrogen (secondary N) is 2. The van der Waals surface area contributed by atoms with Crippen molar-refractivity contribution in [2.45, 2.75) is 70.2 Å². The second-order valence-corrected chi connectivity index (χ2v) is 9.16. The van der Waals surface area contributed by atoms with Gasteiger partial charge in [-0.1, -0.05) is 42.7 Å². The Labute approximate surface area is 200 Å². The number of carbonyl (C=O) groups is 3. The van der Waals surface area contributed by atoms with Gasteiger partial charge in [0.25, 0.3) is 0 Å². The minimum Gasteiger partial charge on any atom is -0.467 e. The summed E-state index contributed by atoms with van der Waals surface area (Å²) in [6, 6.07) is 10.0. The van der Waals surface area contributed by atoms with Gasteiger partial charge in [0.15, 0.2) is 0 Å². The van der Waals surface area contributed by atoms with Gasteiger partial charge >= 0.3 is 11.8 Å². The molecule has 2 aliphatic rings. The Morgan fingerprint density at radius 1 is 1.06 bits per heavy atom. The van der Waals surface area contributed by atoms with Crippen LogP contribution >= 0.6 is 0 Å². The van der Waals surface area contributed by atoms with Crippen LogP contribution in [0.4, 0.5) is 0 Å². The van der Waals surface area contributed by atoms with E-state index in [2.05, 4.69) is 10.6 Å². The van der Waals surface area contributed by atoms with Gasteiger partial charge in [0.1, 0.15) is 11.8 Å². The summed E-state index contributed by atoms with van der Waals surface area (Å²) in [5.74, 6) is -1.14. The van der Waals surface area contributed by atoms with Crippen molar-refractivity contribution in [3.8, 4) is 0 Å². The van der Waals surface area contributed by atoms with E-state index in [-0.39, 0.29) is 31.1 Å². The van der Waals surface area contributed by atoms with Gasteiger partial charge in [-0.3, -0.25) is 14.4 Å². The molecule has 0 bridgehead atoms. The van der Waals surface area contributed by atoms with Crippen LogP contribution in [0.2, 0.25) is 0 Å². The number of hydrogen-bond donors (Lipinski definition) is 2. The first-order valence-electron chi connectivity index (χ1n) is 12.1. The lowest BCUT2D eigenvalue weighted by atomic mass is 10.0. The lowest BCUT2D eigenvalue weighted by Crippen LogP contribution is -2.52. The maximum Gasteiger partial charge on any atom is 0.312 e. The summed E-state index contributed by atoms with van der Waals surface area (Å²) in [6.07, 6.45) is 6.82. The minimum absolute atomic E-state index is 0.00614. The molecule has 0 radical (unpaired) electrons. The largest absolute Gasteiger partial charge is 0.467 e. The Kier molecular flexibility index (Phi) is 8.00. The lowest BCUT2D eigenvalue weighted by Gasteiger charge is -2.32. The molecule has 182 valence electrons. The van der Waals surface area contributed by atoms with E-state index in [4.69, 9.17) is 9.15 Å². The van der Waals surface area contributed by atoms with Crippen molar-refractivity contribution in [3.63, 3.8) is 0 Å². The van der Waals surface area contributed by atoms with Crippen LogP contribution in [0, 0.1) is 6.92 Å². The molecule has 1 aliphatic carbocycles. The monoisotopic (exact) mass is 467 g/mol. The molecule has 1 aromatic carbocycles. The summed E-state index contributed by atoms with van der Waals surface area (Å²) in [6.45, 7) is 2.93. The summed E-state index contributed by atoms with van der Waals surface area (Å²) < 4.78 is 11.1. The topological polar surface area (TPSA) is 101 Å². The van der Waals surface area contributed by atoms with E-state index in [1.54, 1.807) is 18.4 Å².